The van der Waals surface area contributed by atoms with E-state index in [1.165, 1.54) is 6.92 Å². The Bertz CT molecular complexity index is 396. The number of aliphatic hydroxyl groups excluding tert-OH is 1. The van der Waals surface area contributed by atoms with Gasteiger partial charge in [-0.2, -0.15) is 0 Å². The predicted octanol–water partition coefficient (Wildman–Crippen LogP) is 1.73. The third-order valence-corrected chi connectivity index (χ3v) is 1.97. The maximum Gasteiger partial charge on any atom is 0.364 e. The minimum absolute atomic E-state index is 0.0816. The normalized spacial score (nSPS) is 10.7. The van der Waals surface area contributed by atoms with E-state index in [-0.39, 0.29) is 11.1 Å². The molecule has 0 saturated carbocycles. The van der Waals surface area contributed by atoms with Crippen molar-refractivity contribution in [1.29, 1.82) is 0 Å². The molecule has 0 aromatic carbocycles. The van der Waals surface area contributed by atoms with E-state index in [1.807, 2.05) is 0 Å². The molecule has 0 aliphatic rings. The second-order valence-corrected chi connectivity index (χ2v) is 2.87. The second kappa shape index (κ2) is 4.26. The van der Waals surface area contributed by atoms with E-state index in [9.17, 15) is 18.9 Å². The fourth-order valence-corrected chi connectivity index (χ4v) is 1.14. The van der Waals surface area contributed by atoms with E-state index in [0.717, 1.165) is 6.07 Å². The van der Waals surface area contributed by atoms with Crippen molar-refractivity contribution in [2.45, 2.75) is 20.0 Å². The van der Waals surface area contributed by atoms with Crippen molar-refractivity contribution in [3.05, 3.63) is 33.0 Å². The van der Waals surface area contributed by atoms with Gasteiger partial charge in [0.2, 0.25) is 5.69 Å². The van der Waals surface area contributed by atoms with Gasteiger partial charge < -0.3 is 15.2 Å². The molecule has 0 fully saturated rings. The number of aliphatic hydroxyl groups is 1. The fraction of sp³-hybridized carbons (Fsp3) is 0.375. The first kappa shape index (κ1) is 11.4. The summed E-state index contributed by atoms with van der Waals surface area (Å²) in [5.74, 6) is -0.681. The lowest BCUT2D eigenvalue weighted by atomic mass is 10.1. The maximum atomic E-state index is 12.4. The molecular formula is C8H8F2N2O3. The van der Waals surface area contributed by atoms with E-state index in [1.54, 1.807) is 0 Å². The highest BCUT2D eigenvalue weighted by Gasteiger charge is 2.24. The smallest absolute Gasteiger partial charge is 0.364 e. The lowest BCUT2D eigenvalue weighted by Crippen LogP contribution is -2.04. The van der Waals surface area contributed by atoms with Crippen LogP contribution in [0.4, 0.5) is 14.6 Å². The molecule has 1 heterocycles. The molecule has 82 valence electrons. The average Bonchev–Trinajstić information content (AvgIpc) is 2.17. The number of pyridine rings is 1. The largest absolute Gasteiger partial charge is 0.392 e. The van der Waals surface area contributed by atoms with Crippen molar-refractivity contribution in [2.24, 2.45) is 0 Å². The van der Waals surface area contributed by atoms with E-state index in [0.29, 0.717) is 0 Å². The molecule has 0 aliphatic heterocycles. The first-order chi connectivity index (χ1) is 6.97. The summed E-state index contributed by atoms with van der Waals surface area (Å²) in [4.78, 5) is 12.7. The monoisotopic (exact) mass is 218 g/mol. The Morgan fingerprint density at radius 1 is 1.67 bits per heavy atom. The van der Waals surface area contributed by atoms with Crippen LogP contribution in [0, 0.1) is 17.0 Å². The lowest BCUT2D eigenvalue weighted by molar-refractivity contribution is -0.389. The molecule has 1 N–H and O–H groups in total. The van der Waals surface area contributed by atoms with Crippen LogP contribution >= 0.6 is 0 Å². The van der Waals surface area contributed by atoms with Gasteiger partial charge in [0.15, 0.2) is 0 Å². The topological polar surface area (TPSA) is 76.3 Å². The second-order valence-electron chi connectivity index (χ2n) is 2.87. The van der Waals surface area contributed by atoms with Gasteiger partial charge in [-0.3, -0.25) is 0 Å². The summed E-state index contributed by atoms with van der Waals surface area (Å²) in [6.07, 6.45) is -2.89. The van der Waals surface area contributed by atoms with Gasteiger partial charge in [-0.05, 0) is 22.4 Å². The molecule has 1 aromatic rings. The quantitative estimate of drug-likeness (QED) is 0.619. The zero-order valence-electron chi connectivity index (χ0n) is 7.78. The molecule has 0 radical (unpaired) electrons. The molecule has 0 bridgehead atoms. The van der Waals surface area contributed by atoms with Gasteiger partial charge in [-0.25, -0.2) is 8.78 Å². The minimum atomic E-state index is -2.89. The molecule has 5 nitrogen and oxygen atoms in total. The lowest BCUT2D eigenvalue weighted by Gasteiger charge is -2.04. The summed E-state index contributed by atoms with van der Waals surface area (Å²) in [6.45, 7) is 0.804. The molecule has 0 spiro atoms. The Hall–Kier alpha value is -1.63. The van der Waals surface area contributed by atoms with Gasteiger partial charge >= 0.3 is 12.2 Å². The first-order valence-corrected chi connectivity index (χ1v) is 4.01. The predicted molar refractivity (Wildman–Crippen MR) is 46.5 cm³/mol. The average molecular weight is 218 g/mol. The Kier molecular flexibility index (Phi) is 3.25. The van der Waals surface area contributed by atoms with Crippen molar-refractivity contribution in [3.8, 4) is 0 Å². The molecular weight excluding hydrogens is 210 g/mol. The van der Waals surface area contributed by atoms with Gasteiger partial charge in [0, 0.05) is 11.6 Å². The van der Waals surface area contributed by atoms with Crippen LogP contribution in [0.25, 0.3) is 0 Å². The van der Waals surface area contributed by atoms with Gasteiger partial charge in [0.05, 0.1) is 6.61 Å². The van der Waals surface area contributed by atoms with E-state index >= 15 is 0 Å². The molecule has 0 unspecified atom stereocenters. The first-order valence-electron chi connectivity index (χ1n) is 4.01. The summed E-state index contributed by atoms with van der Waals surface area (Å²) < 4.78 is 24.8. The number of hydrogen-bond donors (Lipinski definition) is 1. The summed E-state index contributed by atoms with van der Waals surface area (Å²) in [7, 11) is 0. The van der Waals surface area contributed by atoms with Crippen LogP contribution in [0.2, 0.25) is 0 Å². The van der Waals surface area contributed by atoms with Crippen molar-refractivity contribution >= 4 is 5.82 Å². The number of alkyl halides is 2. The van der Waals surface area contributed by atoms with Crippen molar-refractivity contribution < 1.29 is 18.8 Å². The summed E-state index contributed by atoms with van der Waals surface area (Å²) in [5.41, 5.74) is -0.488. The highest BCUT2D eigenvalue weighted by Crippen LogP contribution is 2.26. The van der Waals surface area contributed by atoms with Crippen molar-refractivity contribution in [2.75, 3.05) is 0 Å². The number of nitrogens with zero attached hydrogens (tertiary/aromatic N) is 2. The molecule has 1 rings (SSSR count). The molecule has 0 amide bonds. The minimum Gasteiger partial charge on any atom is -0.392 e. The van der Waals surface area contributed by atoms with Gasteiger partial charge in [-0.15, -0.1) is 0 Å². The molecule has 0 aliphatic carbocycles. The van der Waals surface area contributed by atoms with Gasteiger partial charge in [0.25, 0.3) is 0 Å². The molecule has 0 atom stereocenters. The van der Waals surface area contributed by atoms with Crippen LogP contribution in [-0.2, 0) is 6.61 Å². The maximum absolute atomic E-state index is 12.4. The Morgan fingerprint density at radius 3 is 2.67 bits per heavy atom. The van der Waals surface area contributed by atoms with Crippen LogP contribution in [0.1, 0.15) is 23.2 Å². The van der Waals surface area contributed by atoms with E-state index in [4.69, 9.17) is 5.11 Å². The molecule has 15 heavy (non-hydrogen) atoms. The summed E-state index contributed by atoms with van der Waals surface area (Å²) in [5, 5.41) is 19.2. The SMILES string of the molecule is Cc1c(CO)cc([N+](=O)[O-])nc1C(F)F. The van der Waals surface area contributed by atoms with Crippen LogP contribution in [0.15, 0.2) is 6.07 Å². The summed E-state index contributed by atoms with van der Waals surface area (Å²) in [6, 6.07) is 0.987. The van der Waals surface area contributed by atoms with Crippen LogP contribution in [0.3, 0.4) is 0 Å². The van der Waals surface area contributed by atoms with Crippen LogP contribution in [-0.4, -0.2) is 15.0 Å². The third kappa shape index (κ3) is 2.24. The Labute approximate surface area is 83.5 Å². The number of aromatic nitrogens is 1. The van der Waals surface area contributed by atoms with Crippen molar-refractivity contribution in [3.63, 3.8) is 0 Å². The van der Waals surface area contributed by atoms with Crippen LogP contribution < -0.4 is 0 Å². The number of nitro groups is 1. The number of halogens is 2. The van der Waals surface area contributed by atoms with Crippen LogP contribution in [0.5, 0.6) is 0 Å². The Balaban J connectivity index is 3.38. The zero-order chi connectivity index (χ0) is 11.6. The Morgan fingerprint density at radius 2 is 2.27 bits per heavy atom. The third-order valence-electron chi connectivity index (χ3n) is 1.97. The highest BCUT2D eigenvalue weighted by atomic mass is 19.3. The van der Waals surface area contributed by atoms with Gasteiger partial charge in [-0.1, -0.05) is 0 Å². The standard InChI is InChI=1S/C8H8F2N2O3/c1-4-5(3-13)2-6(12(14)15)11-7(4)8(9)10/h2,8,13H,3H2,1H3. The number of rotatable bonds is 3. The number of hydrogen-bond acceptors (Lipinski definition) is 4. The van der Waals surface area contributed by atoms with E-state index in [2.05, 4.69) is 4.98 Å². The van der Waals surface area contributed by atoms with Gasteiger partial charge in [0.1, 0.15) is 0 Å². The van der Waals surface area contributed by atoms with Crippen molar-refractivity contribution in [1.82, 2.24) is 4.98 Å². The highest BCUT2D eigenvalue weighted by molar-refractivity contribution is 5.37. The van der Waals surface area contributed by atoms with E-state index < -0.39 is 29.5 Å². The molecule has 7 heteroatoms. The fourth-order valence-electron chi connectivity index (χ4n) is 1.14. The molecule has 1 aromatic heterocycles. The molecule has 0 saturated heterocycles. The summed E-state index contributed by atoms with van der Waals surface area (Å²) >= 11 is 0. The zero-order valence-corrected chi connectivity index (χ0v) is 7.78.